The zero-order valence-corrected chi connectivity index (χ0v) is 19.3. The minimum absolute atomic E-state index is 0.0420. The number of rotatable bonds is 3. The molecule has 2 heteroatoms. The van der Waals surface area contributed by atoms with Gasteiger partial charge in [0.1, 0.15) is 5.54 Å². The second kappa shape index (κ2) is 7.43. The fraction of sp³-hybridized carbons (Fsp3) is 0.321. The summed E-state index contributed by atoms with van der Waals surface area (Å²) in [4.78, 5) is 0. The third kappa shape index (κ3) is 3.45. The average molecular weight is 398 g/mol. The summed E-state index contributed by atoms with van der Waals surface area (Å²) in [6, 6.07) is 24.4. The topological polar surface area (TPSA) is 8.81 Å². The highest BCUT2D eigenvalue weighted by Crippen LogP contribution is 2.34. The Labute approximate surface area is 180 Å². The molecule has 0 saturated heterocycles. The molecule has 0 unspecified atom stereocenters. The predicted molar refractivity (Wildman–Crippen MR) is 128 cm³/mol. The van der Waals surface area contributed by atoms with Gasteiger partial charge in [0.15, 0.2) is 11.0 Å². The molecule has 3 aromatic carbocycles. The van der Waals surface area contributed by atoms with Crippen LogP contribution in [0.25, 0.3) is 33.5 Å². The predicted octanol–water partition coefficient (Wildman–Crippen LogP) is 6.99. The van der Waals surface area contributed by atoms with Crippen LogP contribution in [0.2, 0.25) is 0 Å². The van der Waals surface area contributed by atoms with Crippen LogP contribution < -0.4 is 4.57 Å². The Hall–Kier alpha value is -2.87. The maximum Gasteiger partial charge on any atom is 0.290 e. The lowest BCUT2D eigenvalue weighted by Crippen LogP contribution is -2.33. The van der Waals surface area contributed by atoms with Crippen LogP contribution in [0.5, 0.6) is 0 Å². The van der Waals surface area contributed by atoms with Crippen LogP contribution in [-0.4, -0.2) is 4.57 Å². The molecule has 30 heavy (non-hydrogen) atoms. The van der Waals surface area contributed by atoms with Gasteiger partial charge in [-0.1, -0.05) is 62.4 Å². The number of fused-ring (bicyclic) bond motifs is 1. The van der Waals surface area contributed by atoms with Crippen molar-refractivity contribution >= 4 is 11.0 Å². The van der Waals surface area contributed by atoms with Crippen molar-refractivity contribution in [3.8, 4) is 22.5 Å². The van der Waals surface area contributed by atoms with Crippen LogP contribution >= 0.6 is 0 Å². The average Bonchev–Trinajstić information content (AvgIpc) is 3.01. The van der Waals surface area contributed by atoms with Gasteiger partial charge in [-0.25, -0.2) is 9.13 Å². The first-order valence-corrected chi connectivity index (χ1v) is 10.9. The summed E-state index contributed by atoms with van der Waals surface area (Å²) in [5, 5.41) is 0. The van der Waals surface area contributed by atoms with Crippen LogP contribution in [-0.2, 0) is 12.6 Å². The highest BCUT2D eigenvalue weighted by molar-refractivity contribution is 5.80. The van der Waals surface area contributed by atoms with Gasteiger partial charge in [0.25, 0.3) is 5.82 Å². The van der Waals surface area contributed by atoms with E-state index in [2.05, 4.69) is 124 Å². The van der Waals surface area contributed by atoms with E-state index >= 15 is 0 Å². The molecule has 0 aliphatic rings. The first kappa shape index (κ1) is 20.4. The number of benzene rings is 3. The molecule has 4 rings (SSSR count). The Bertz CT molecular complexity index is 1210. The van der Waals surface area contributed by atoms with Gasteiger partial charge in [-0.15, -0.1) is 0 Å². The Morgan fingerprint density at radius 2 is 1.53 bits per heavy atom. The SMILES string of the molecule is Cc1ccc(-c2ccccc2)cc1-c1n(C(C)(C)C)c2cc(C(C)C)ccc2[n+]1C. The summed E-state index contributed by atoms with van der Waals surface area (Å²) < 4.78 is 4.88. The first-order valence-electron chi connectivity index (χ1n) is 10.9. The van der Waals surface area contributed by atoms with Crippen molar-refractivity contribution in [1.29, 1.82) is 0 Å². The normalized spacial score (nSPS) is 12.1. The monoisotopic (exact) mass is 397 g/mol. The van der Waals surface area contributed by atoms with Gasteiger partial charge < -0.3 is 0 Å². The smallest absolute Gasteiger partial charge is 0.226 e. The molecular weight excluding hydrogens is 364 g/mol. The molecule has 0 aliphatic carbocycles. The Kier molecular flexibility index (Phi) is 5.05. The van der Waals surface area contributed by atoms with E-state index in [4.69, 9.17) is 0 Å². The molecule has 1 aromatic heterocycles. The Morgan fingerprint density at radius 3 is 2.17 bits per heavy atom. The number of hydrogen-bond donors (Lipinski definition) is 0. The second-order valence-corrected chi connectivity index (χ2v) is 9.69. The van der Waals surface area contributed by atoms with Gasteiger partial charge >= 0.3 is 0 Å². The zero-order chi connectivity index (χ0) is 21.6. The summed E-state index contributed by atoms with van der Waals surface area (Å²) in [5.41, 5.74) is 9.00. The van der Waals surface area contributed by atoms with Crippen LogP contribution in [0.3, 0.4) is 0 Å². The molecule has 2 nitrogen and oxygen atoms in total. The highest BCUT2D eigenvalue weighted by atomic mass is 15.2. The molecule has 0 bridgehead atoms. The molecule has 154 valence electrons. The molecule has 0 N–H and O–H groups in total. The van der Waals surface area contributed by atoms with Crippen molar-refractivity contribution in [2.24, 2.45) is 7.05 Å². The molecular formula is C28H33N2+. The minimum atomic E-state index is -0.0420. The van der Waals surface area contributed by atoms with Crippen molar-refractivity contribution < 1.29 is 4.57 Å². The Balaban J connectivity index is 2.05. The summed E-state index contributed by atoms with van der Waals surface area (Å²) in [5.74, 6) is 1.77. The van der Waals surface area contributed by atoms with E-state index in [0.29, 0.717) is 5.92 Å². The van der Waals surface area contributed by atoms with Gasteiger partial charge in [0, 0.05) is 0 Å². The fourth-order valence-electron chi connectivity index (χ4n) is 4.39. The molecule has 0 saturated carbocycles. The van der Waals surface area contributed by atoms with E-state index in [-0.39, 0.29) is 5.54 Å². The Morgan fingerprint density at radius 1 is 0.833 bits per heavy atom. The van der Waals surface area contributed by atoms with Crippen molar-refractivity contribution in [2.75, 3.05) is 0 Å². The van der Waals surface area contributed by atoms with E-state index < -0.39 is 0 Å². The molecule has 0 amide bonds. The van der Waals surface area contributed by atoms with E-state index in [1.807, 2.05) is 0 Å². The van der Waals surface area contributed by atoms with Gasteiger partial charge in [-0.3, -0.25) is 0 Å². The number of aryl methyl sites for hydroxylation is 2. The maximum atomic E-state index is 2.52. The van der Waals surface area contributed by atoms with Crippen molar-refractivity contribution in [3.63, 3.8) is 0 Å². The molecule has 0 radical (unpaired) electrons. The van der Waals surface area contributed by atoms with E-state index in [0.717, 1.165) is 0 Å². The molecule has 0 fully saturated rings. The largest absolute Gasteiger partial charge is 0.290 e. The van der Waals surface area contributed by atoms with Crippen LogP contribution in [0.15, 0.2) is 66.7 Å². The second-order valence-electron chi connectivity index (χ2n) is 9.69. The van der Waals surface area contributed by atoms with Crippen LogP contribution in [0, 0.1) is 6.92 Å². The maximum absolute atomic E-state index is 2.52. The lowest BCUT2D eigenvalue weighted by Gasteiger charge is -2.19. The number of hydrogen-bond acceptors (Lipinski definition) is 0. The standard InChI is InChI=1S/C28H33N2/c1-19(2)22-15-16-25-26(18-22)30(28(4,5)6)27(29(25)7)24-17-23(14-13-20(24)3)21-11-9-8-10-12-21/h8-19H,1-7H3/q+1. The summed E-state index contributed by atoms with van der Waals surface area (Å²) in [6.45, 7) is 13.6. The van der Waals surface area contributed by atoms with E-state index in [1.54, 1.807) is 0 Å². The quantitative estimate of drug-likeness (QED) is 0.330. The molecule has 0 aliphatic heterocycles. The summed E-state index contributed by atoms with van der Waals surface area (Å²) >= 11 is 0. The third-order valence-electron chi connectivity index (χ3n) is 6.05. The number of imidazole rings is 1. The lowest BCUT2D eigenvalue weighted by molar-refractivity contribution is -0.634. The summed E-state index contributed by atoms with van der Waals surface area (Å²) in [6.07, 6.45) is 0. The van der Waals surface area contributed by atoms with Gasteiger partial charge in [0.05, 0.1) is 12.6 Å². The number of aromatic nitrogens is 2. The lowest BCUT2D eigenvalue weighted by atomic mass is 9.98. The van der Waals surface area contributed by atoms with E-state index in [1.165, 1.54) is 44.7 Å². The van der Waals surface area contributed by atoms with E-state index in [9.17, 15) is 0 Å². The fourth-order valence-corrected chi connectivity index (χ4v) is 4.39. The number of nitrogens with zero attached hydrogens (tertiary/aromatic N) is 2. The molecule has 0 atom stereocenters. The first-order chi connectivity index (χ1) is 14.2. The van der Waals surface area contributed by atoms with Gasteiger partial charge in [0.2, 0.25) is 0 Å². The van der Waals surface area contributed by atoms with Crippen molar-refractivity contribution in [3.05, 3.63) is 77.9 Å². The van der Waals surface area contributed by atoms with Crippen LogP contribution in [0.4, 0.5) is 0 Å². The third-order valence-corrected chi connectivity index (χ3v) is 6.05. The van der Waals surface area contributed by atoms with Crippen molar-refractivity contribution in [1.82, 2.24) is 4.57 Å². The van der Waals surface area contributed by atoms with Gasteiger partial charge in [-0.05, 0) is 74.1 Å². The minimum Gasteiger partial charge on any atom is -0.226 e. The molecule has 1 heterocycles. The van der Waals surface area contributed by atoms with Gasteiger partial charge in [-0.2, -0.15) is 0 Å². The van der Waals surface area contributed by atoms with Crippen LogP contribution in [0.1, 0.15) is 51.7 Å². The molecule has 4 aromatic rings. The highest BCUT2D eigenvalue weighted by Gasteiger charge is 2.33. The summed E-state index contributed by atoms with van der Waals surface area (Å²) in [7, 11) is 2.20. The molecule has 0 spiro atoms. The van der Waals surface area contributed by atoms with Crippen molar-refractivity contribution in [2.45, 2.75) is 53.0 Å². The zero-order valence-electron chi connectivity index (χ0n) is 19.3.